The lowest BCUT2D eigenvalue weighted by molar-refractivity contribution is -0.265. The largest absolute Gasteiger partial charge is 0.460 e. The zero-order valence-corrected chi connectivity index (χ0v) is 40.6. The summed E-state index contributed by atoms with van der Waals surface area (Å²) in [6.45, 7) is 12.7. The van der Waals surface area contributed by atoms with Gasteiger partial charge in [0.25, 0.3) is 11.7 Å². The Hall–Kier alpha value is -3.37. The Kier molecular flexibility index (Phi) is 21.0. The molecule has 1 amide bonds. The number of cyclic esters (lactones) is 1. The van der Waals surface area contributed by atoms with E-state index in [1.165, 1.54) is 12.0 Å². The molecule has 4 aliphatic rings. The first-order valence-corrected chi connectivity index (χ1v) is 23.9. The van der Waals surface area contributed by atoms with E-state index < -0.39 is 83.9 Å². The van der Waals surface area contributed by atoms with Crippen LogP contribution in [0.4, 0.5) is 0 Å². The van der Waals surface area contributed by atoms with Gasteiger partial charge in [-0.2, -0.15) is 0 Å². The Morgan fingerprint density at radius 2 is 1.57 bits per heavy atom. The van der Waals surface area contributed by atoms with Crippen LogP contribution in [0.3, 0.4) is 0 Å². The number of aliphatic hydroxyl groups is 3. The molecular weight excluding hydrogens is 835 g/mol. The summed E-state index contributed by atoms with van der Waals surface area (Å²) in [7, 11) is 4.52. The van der Waals surface area contributed by atoms with E-state index in [1.54, 1.807) is 41.1 Å². The lowest BCUT2D eigenvalue weighted by Gasteiger charge is -2.42. The van der Waals surface area contributed by atoms with Crippen molar-refractivity contribution in [2.45, 2.75) is 180 Å². The zero-order chi connectivity index (χ0) is 48.2. The molecule has 2 bridgehead atoms. The molecular formula is C51H79NO13. The number of nitrogens with zero attached hydrogens (tertiary/aromatic N) is 1. The normalized spacial score (nSPS) is 40.4. The van der Waals surface area contributed by atoms with E-state index in [1.807, 2.05) is 58.1 Å². The van der Waals surface area contributed by atoms with Crippen molar-refractivity contribution in [3.8, 4) is 0 Å². The number of hydrogen-bond donors (Lipinski definition) is 3. The summed E-state index contributed by atoms with van der Waals surface area (Å²) >= 11 is 0. The fraction of sp³-hybridized carbons (Fsp3) is 0.745. The second-order valence-corrected chi connectivity index (χ2v) is 19.6. The van der Waals surface area contributed by atoms with E-state index in [9.17, 15) is 39.3 Å². The van der Waals surface area contributed by atoms with Crippen LogP contribution in [-0.2, 0) is 47.7 Å². The number of rotatable bonds is 6. The zero-order valence-electron chi connectivity index (χ0n) is 40.6. The highest BCUT2D eigenvalue weighted by molar-refractivity contribution is 6.39. The van der Waals surface area contributed by atoms with Crippen LogP contribution >= 0.6 is 0 Å². The summed E-state index contributed by atoms with van der Waals surface area (Å²) in [6, 6.07) is -1.14. The number of esters is 1. The Morgan fingerprint density at radius 1 is 0.846 bits per heavy atom. The highest BCUT2D eigenvalue weighted by Gasteiger charge is 2.53. The van der Waals surface area contributed by atoms with E-state index in [0.717, 1.165) is 12.0 Å². The van der Waals surface area contributed by atoms with Crippen LogP contribution in [0.25, 0.3) is 0 Å². The summed E-state index contributed by atoms with van der Waals surface area (Å²) in [5.41, 5.74) is 1.27. The van der Waals surface area contributed by atoms with Crippen molar-refractivity contribution in [2.75, 3.05) is 27.9 Å². The molecule has 1 aliphatic carbocycles. The highest BCUT2D eigenvalue weighted by Crippen LogP contribution is 2.38. The number of methoxy groups -OCH3 is 3. The van der Waals surface area contributed by atoms with Crippen LogP contribution in [-0.4, -0.2) is 132 Å². The van der Waals surface area contributed by atoms with Gasteiger partial charge in [-0.05, 0) is 107 Å². The monoisotopic (exact) mass is 914 g/mol. The molecule has 2 saturated heterocycles. The summed E-state index contributed by atoms with van der Waals surface area (Å²) < 4.78 is 29.4. The topological polar surface area (TPSA) is 195 Å². The third kappa shape index (κ3) is 14.3. The van der Waals surface area contributed by atoms with E-state index in [2.05, 4.69) is 0 Å². The molecule has 0 aromatic carbocycles. The van der Waals surface area contributed by atoms with Crippen LogP contribution in [0.2, 0.25) is 0 Å². The van der Waals surface area contributed by atoms with Gasteiger partial charge in [0, 0.05) is 58.5 Å². The Morgan fingerprint density at radius 3 is 2.25 bits per heavy atom. The summed E-state index contributed by atoms with van der Waals surface area (Å²) in [4.78, 5) is 71.8. The van der Waals surface area contributed by atoms with Crippen LogP contribution in [0.5, 0.6) is 0 Å². The minimum absolute atomic E-state index is 0.0193. The predicted octanol–water partition coefficient (Wildman–Crippen LogP) is 6.18. The molecule has 65 heavy (non-hydrogen) atoms. The molecule has 3 N–H and O–H groups in total. The first-order chi connectivity index (χ1) is 30.7. The van der Waals surface area contributed by atoms with Crippen LogP contribution < -0.4 is 0 Å². The number of amides is 1. The third-order valence-corrected chi connectivity index (χ3v) is 14.5. The van der Waals surface area contributed by atoms with Crippen molar-refractivity contribution in [1.29, 1.82) is 0 Å². The average molecular weight is 914 g/mol. The summed E-state index contributed by atoms with van der Waals surface area (Å²) in [6.07, 6.45) is 11.2. The Labute approximate surface area is 387 Å². The molecule has 15 atom stereocenters. The first kappa shape index (κ1) is 54.2. The van der Waals surface area contributed by atoms with Gasteiger partial charge in [-0.25, -0.2) is 4.79 Å². The SMILES string of the molecule is COC1C[C@H](C[C@@H](C)[C@@H]2CC(=O)[C@H](C)/C=C(\C)[C@@H](O)[C@@H](OC)C(=O)[C@H](C)C[C@H](C)\C=C/C=C/C=C(\C)[C@@H](OC)C[C@@H]3CC[C@@H](C)[C@@](O)(O3)C(=O)C(=O)N3CCCC[C@H]3C(=O)O2)CC[C@H]1O. The molecule has 366 valence electrons. The summed E-state index contributed by atoms with van der Waals surface area (Å²) in [5.74, 6) is -7.96. The maximum absolute atomic E-state index is 14.4. The number of fused-ring (bicyclic) bond motifs is 3. The van der Waals surface area contributed by atoms with Crippen molar-refractivity contribution in [1.82, 2.24) is 4.90 Å². The molecule has 14 nitrogen and oxygen atoms in total. The van der Waals surface area contributed by atoms with Gasteiger partial charge in [-0.15, -0.1) is 0 Å². The van der Waals surface area contributed by atoms with E-state index in [-0.39, 0.29) is 54.8 Å². The van der Waals surface area contributed by atoms with Gasteiger partial charge in [0.15, 0.2) is 5.78 Å². The van der Waals surface area contributed by atoms with Gasteiger partial charge in [-0.3, -0.25) is 19.2 Å². The molecule has 4 rings (SSSR count). The van der Waals surface area contributed by atoms with Gasteiger partial charge in [0.1, 0.15) is 30.1 Å². The van der Waals surface area contributed by atoms with Crippen molar-refractivity contribution in [3.63, 3.8) is 0 Å². The quantitative estimate of drug-likeness (QED) is 0.156. The fourth-order valence-electron chi connectivity index (χ4n) is 10.1. The van der Waals surface area contributed by atoms with Crippen molar-refractivity contribution < 1.29 is 63.0 Å². The molecule has 0 aromatic heterocycles. The lowest BCUT2D eigenvalue weighted by Crippen LogP contribution is -2.61. The Balaban J connectivity index is 1.70. The van der Waals surface area contributed by atoms with Gasteiger partial charge in [0.05, 0.1) is 24.4 Å². The molecule has 0 spiro atoms. The maximum Gasteiger partial charge on any atom is 0.329 e. The van der Waals surface area contributed by atoms with Crippen LogP contribution in [0.1, 0.15) is 126 Å². The number of aliphatic hydroxyl groups excluding tert-OH is 2. The smallest absolute Gasteiger partial charge is 0.329 e. The van der Waals surface area contributed by atoms with Gasteiger partial charge in [0.2, 0.25) is 5.79 Å². The molecule has 0 radical (unpaired) electrons. The first-order valence-electron chi connectivity index (χ1n) is 23.9. The van der Waals surface area contributed by atoms with Crippen LogP contribution in [0, 0.1) is 35.5 Å². The second kappa shape index (κ2) is 25.1. The standard InChI is InChI=1S/C51H79NO13/c1-30-16-12-11-13-17-31(2)42(61-8)28-38-21-19-36(7)51(60,65-38)48(57)49(58)52-23-15-14-18-39(52)50(59)64-43(33(4)26-37-20-22-40(53)44(27-37)62-9)29-41(54)32(3)25-35(6)46(56)47(63-10)45(55)34(5)24-30/h11-13,16-17,25,30,32-34,36-40,42-44,46-47,53,56,60H,14-15,18-24,26-29H2,1-10H3/b13-11+,16-12-,31-17+,35-25+/t30-,32-,33-,34-,36-,37+,38+,39+,40-,42+,43+,44?,46-,47+,51-/m1/s1. The maximum atomic E-state index is 14.4. The average Bonchev–Trinajstić information content (AvgIpc) is 3.28. The molecule has 0 aromatic rings. The van der Waals surface area contributed by atoms with Gasteiger partial charge < -0.3 is 43.9 Å². The van der Waals surface area contributed by atoms with Gasteiger partial charge >= 0.3 is 5.97 Å². The number of allylic oxidation sites excluding steroid dienone is 6. The number of carbonyl (C=O) groups excluding carboxylic acids is 5. The van der Waals surface area contributed by atoms with Crippen molar-refractivity contribution in [2.24, 2.45) is 35.5 Å². The number of ether oxygens (including phenoxy) is 5. The van der Waals surface area contributed by atoms with Crippen LogP contribution in [0.15, 0.2) is 47.6 Å². The minimum Gasteiger partial charge on any atom is -0.460 e. The molecule has 3 aliphatic heterocycles. The number of hydrogen-bond acceptors (Lipinski definition) is 13. The molecule has 14 heteroatoms. The molecule has 1 saturated carbocycles. The highest BCUT2D eigenvalue weighted by atomic mass is 16.6. The number of piperidine rings is 1. The fourth-order valence-corrected chi connectivity index (χ4v) is 10.1. The van der Waals surface area contributed by atoms with Gasteiger partial charge in [-0.1, -0.05) is 71.1 Å². The van der Waals surface area contributed by atoms with Crippen molar-refractivity contribution in [3.05, 3.63) is 47.6 Å². The number of ketones is 3. The van der Waals surface area contributed by atoms with Crippen molar-refractivity contribution >= 4 is 29.2 Å². The predicted molar refractivity (Wildman–Crippen MR) is 245 cm³/mol. The minimum atomic E-state index is -2.43. The summed E-state index contributed by atoms with van der Waals surface area (Å²) in [5, 5.41) is 33.8. The Bertz CT molecular complexity index is 1760. The molecule has 3 fully saturated rings. The molecule has 3 heterocycles. The number of Topliss-reactive ketones (excluding diaryl/α,β-unsaturated/α-hetero) is 3. The molecule has 1 unspecified atom stereocenters. The second-order valence-electron chi connectivity index (χ2n) is 19.6. The lowest BCUT2D eigenvalue weighted by atomic mass is 9.78. The van der Waals surface area contributed by atoms with E-state index >= 15 is 0 Å². The third-order valence-electron chi connectivity index (χ3n) is 14.5. The number of carbonyl (C=O) groups is 5. The van der Waals surface area contributed by atoms with E-state index in [4.69, 9.17) is 23.7 Å². The van der Waals surface area contributed by atoms with E-state index in [0.29, 0.717) is 63.4 Å².